The highest BCUT2D eigenvalue weighted by Crippen LogP contribution is 2.35. The van der Waals surface area contributed by atoms with Crippen LogP contribution in [0.2, 0.25) is 0 Å². The summed E-state index contributed by atoms with van der Waals surface area (Å²) in [4.78, 5) is 36.2. The predicted molar refractivity (Wildman–Crippen MR) is 109 cm³/mol. The van der Waals surface area contributed by atoms with Crippen molar-refractivity contribution in [2.24, 2.45) is 0 Å². The maximum Gasteiger partial charge on any atom is 0.408 e. The van der Waals surface area contributed by atoms with Gasteiger partial charge < -0.3 is 36.0 Å². The summed E-state index contributed by atoms with van der Waals surface area (Å²) in [5.74, 6) is -3.31. The number of hydrogen-bond donors (Lipinski definition) is 6. The molecule has 6 N–H and O–H groups in total. The Kier molecular flexibility index (Phi) is 6.73. The van der Waals surface area contributed by atoms with Crippen LogP contribution in [-0.2, 0) is 9.53 Å². The molecular formula is C20H23N3O7. The Morgan fingerprint density at radius 2 is 1.47 bits per heavy atom. The topological polar surface area (TPSA) is 157 Å². The highest BCUT2D eigenvalue weighted by atomic mass is 16.6. The highest BCUT2D eigenvalue weighted by molar-refractivity contribution is 6.08. The highest BCUT2D eigenvalue weighted by Gasteiger charge is 2.18. The van der Waals surface area contributed by atoms with Gasteiger partial charge in [-0.3, -0.25) is 9.59 Å². The van der Waals surface area contributed by atoms with Gasteiger partial charge in [-0.1, -0.05) is 12.1 Å². The van der Waals surface area contributed by atoms with Crippen LogP contribution in [0.25, 0.3) is 0 Å². The minimum absolute atomic E-state index is 0.115. The molecule has 2 rings (SSSR count). The molecule has 0 spiro atoms. The van der Waals surface area contributed by atoms with Crippen molar-refractivity contribution in [2.75, 3.05) is 17.2 Å². The molecule has 10 nitrogen and oxygen atoms in total. The summed E-state index contributed by atoms with van der Waals surface area (Å²) in [6.07, 6.45) is -0.744. The van der Waals surface area contributed by atoms with Crippen molar-refractivity contribution in [1.82, 2.24) is 5.32 Å². The lowest BCUT2D eigenvalue weighted by molar-refractivity contribution is -0.115. The second-order valence-corrected chi connectivity index (χ2v) is 7.27. The van der Waals surface area contributed by atoms with Crippen molar-refractivity contribution in [1.29, 1.82) is 0 Å². The number of para-hydroxylation sites is 2. The zero-order chi connectivity index (χ0) is 22.5. The SMILES string of the molecule is CC(C)(C)OC(=O)NCC(=O)Nc1ccccc1NC(=O)c1cc(O)c(O)c(O)c1. The largest absolute Gasteiger partial charge is 0.504 e. The van der Waals surface area contributed by atoms with Gasteiger partial charge >= 0.3 is 6.09 Å². The molecule has 0 aliphatic carbocycles. The molecule has 2 aromatic rings. The summed E-state index contributed by atoms with van der Waals surface area (Å²) in [7, 11) is 0. The number of anilines is 2. The summed E-state index contributed by atoms with van der Waals surface area (Å²) in [5.41, 5.74) is -0.320. The van der Waals surface area contributed by atoms with E-state index in [9.17, 15) is 29.7 Å². The lowest BCUT2D eigenvalue weighted by Crippen LogP contribution is -2.37. The van der Waals surface area contributed by atoms with Gasteiger partial charge in [0.2, 0.25) is 5.91 Å². The van der Waals surface area contributed by atoms with E-state index < -0.39 is 40.8 Å². The second-order valence-electron chi connectivity index (χ2n) is 7.27. The number of amides is 3. The molecule has 0 radical (unpaired) electrons. The number of aromatic hydroxyl groups is 3. The Morgan fingerprint density at radius 1 is 0.933 bits per heavy atom. The zero-order valence-corrected chi connectivity index (χ0v) is 16.6. The monoisotopic (exact) mass is 417 g/mol. The van der Waals surface area contributed by atoms with Crippen LogP contribution < -0.4 is 16.0 Å². The number of carbonyl (C=O) groups excluding carboxylic acids is 3. The molecule has 0 saturated heterocycles. The van der Waals surface area contributed by atoms with E-state index in [2.05, 4.69) is 16.0 Å². The molecule has 3 amide bonds. The standard InChI is InChI=1S/C20H23N3O7/c1-20(2,3)30-19(29)21-10-16(26)22-12-6-4-5-7-13(12)23-18(28)11-8-14(24)17(27)15(25)9-11/h4-9,24-25,27H,10H2,1-3H3,(H,21,29)(H,22,26)(H,23,28). The van der Waals surface area contributed by atoms with Crippen LogP contribution in [0, 0.1) is 0 Å². The normalized spacial score (nSPS) is 10.8. The Balaban J connectivity index is 2.04. The molecule has 0 bridgehead atoms. The maximum atomic E-state index is 12.4. The Hall–Kier alpha value is -3.95. The van der Waals surface area contributed by atoms with Gasteiger partial charge in [-0.25, -0.2) is 4.79 Å². The van der Waals surface area contributed by atoms with Gasteiger partial charge in [-0.15, -0.1) is 0 Å². The molecule has 0 aliphatic heterocycles. The van der Waals surface area contributed by atoms with E-state index in [1.807, 2.05) is 0 Å². The Morgan fingerprint density at radius 3 is 2.00 bits per heavy atom. The molecule has 0 heterocycles. The number of phenols is 3. The van der Waals surface area contributed by atoms with Crippen LogP contribution in [0.4, 0.5) is 16.2 Å². The number of phenolic OH excluding ortho intramolecular Hbond substituents is 3. The Bertz CT molecular complexity index is 944. The molecule has 0 aliphatic rings. The quantitative estimate of drug-likeness (QED) is 0.408. The molecule has 160 valence electrons. The van der Waals surface area contributed by atoms with E-state index in [1.54, 1.807) is 32.9 Å². The Labute approximate surface area is 172 Å². The van der Waals surface area contributed by atoms with Crippen molar-refractivity contribution in [3.8, 4) is 17.2 Å². The van der Waals surface area contributed by atoms with Crippen molar-refractivity contribution < 1.29 is 34.4 Å². The number of benzene rings is 2. The minimum atomic E-state index is -0.744. The molecule has 2 aromatic carbocycles. The van der Waals surface area contributed by atoms with Gasteiger partial charge in [0, 0.05) is 5.56 Å². The number of nitrogens with one attached hydrogen (secondary N) is 3. The first-order chi connectivity index (χ1) is 14.0. The summed E-state index contributed by atoms with van der Waals surface area (Å²) in [6.45, 7) is 4.73. The predicted octanol–water partition coefficient (Wildman–Crippen LogP) is 2.52. The zero-order valence-electron chi connectivity index (χ0n) is 16.6. The molecule has 0 fully saturated rings. The van der Waals surface area contributed by atoms with E-state index in [1.165, 1.54) is 12.1 Å². The third kappa shape index (κ3) is 6.30. The number of rotatable bonds is 5. The maximum absolute atomic E-state index is 12.4. The number of carbonyl (C=O) groups is 3. The molecule has 10 heteroatoms. The van der Waals surface area contributed by atoms with Crippen molar-refractivity contribution in [3.05, 3.63) is 42.0 Å². The lowest BCUT2D eigenvalue weighted by atomic mass is 10.1. The summed E-state index contributed by atoms with van der Waals surface area (Å²) in [6, 6.07) is 8.27. The lowest BCUT2D eigenvalue weighted by Gasteiger charge is -2.19. The third-order valence-corrected chi connectivity index (χ3v) is 3.57. The average Bonchev–Trinajstić information content (AvgIpc) is 2.64. The second kappa shape index (κ2) is 9.03. The summed E-state index contributed by atoms with van der Waals surface area (Å²) >= 11 is 0. The van der Waals surface area contributed by atoms with Gasteiger partial charge in [0.05, 0.1) is 11.4 Å². The van der Waals surface area contributed by atoms with E-state index in [0.717, 1.165) is 12.1 Å². The smallest absolute Gasteiger partial charge is 0.408 e. The van der Waals surface area contributed by atoms with E-state index in [-0.39, 0.29) is 23.5 Å². The van der Waals surface area contributed by atoms with Crippen LogP contribution in [0.3, 0.4) is 0 Å². The van der Waals surface area contributed by atoms with Gasteiger partial charge in [0.25, 0.3) is 5.91 Å². The fraction of sp³-hybridized carbons (Fsp3) is 0.250. The van der Waals surface area contributed by atoms with Crippen molar-refractivity contribution >= 4 is 29.3 Å². The fourth-order valence-corrected chi connectivity index (χ4v) is 2.29. The third-order valence-electron chi connectivity index (χ3n) is 3.57. The van der Waals surface area contributed by atoms with Gasteiger partial charge in [0.15, 0.2) is 17.2 Å². The first-order valence-corrected chi connectivity index (χ1v) is 8.88. The van der Waals surface area contributed by atoms with Crippen LogP contribution in [0.1, 0.15) is 31.1 Å². The number of ether oxygens (including phenoxy) is 1. The molecule has 0 aromatic heterocycles. The van der Waals surface area contributed by atoms with E-state index >= 15 is 0 Å². The molecular weight excluding hydrogens is 394 g/mol. The molecule has 0 atom stereocenters. The van der Waals surface area contributed by atoms with Crippen LogP contribution in [-0.4, -0.2) is 45.4 Å². The van der Waals surface area contributed by atoms with E-state index in [4.69, 9.17) is 4.74 Å². The minimum Gasteiger partial charge on any atom is -0.504 e. The van der Waals surface area contributed by atoms with E-state index in [0.29, 0.717) is 0 Å². The number of alkyl carbamates (subject to hydrolysis) is 1. The molecule has 0 saturated carbocycles. The number of hydrogen-bond acceptors (Lipinski definition) is 7. The first-order valence-electron chi connectivity index (χ1n) is 8.88. The van der Waals surface area contributed by atoms with Crippen LogP contribution in [0.5, 0.6) is 17.2 Å². The fourth-order valence-electron chi connectivity index (χ4n) is 2.29. The van der Waals surface area contributed by atoms with Gasteiger partial charge in [0.1, 0.15) is 12.1 Å². The van der Waals surface area contributed by atoms with Crippen molar-refractivity contribution in [3.63, 3.8) is 0 Å². The first kappa shape index (κ1) is 22.3. The van der Waals surface area contributed by atoms with Crippen LogP contribution >= 0.6 is 0 Å². The van der Waals surface area contributed by atoms with Crippen LogP contribution in [0.15, 0.2) is 36.4 Å². The van der Waals surface area contributed by atoms with Gasteiger partial charge in [-0.2, -0.15) is 0 Å². The summed E-state index contributed by atoms with van der Waals surface area (Å²) in [5, 5.41) is 35.9. The van der Waals surface area contributed by atoms with Gasteiger partial charge in [-0.05, 0) is 45.0 Å². The summed E-state index contributed by atoms with van der Waals surface area (Å²) < 4.78 is 5.05. The average molecular weight is 417 g/mol. The molecule has 30 heavy (non-hydrogen) atoms. The van der Waals surface area contributed by atoms with Crippen molar-refractivity contribution in [2.45, 2.75) is 26.4 Å². The molecule has 0 unspecified atom stereocenters.